The highest BCUT2D eigenvalue weighted by Crippen LogP contribution is 2.37. The third-order valence-corrected chi connectivity index (χ3v) is 4.41. The van der Waals surface area contributed by atoms with Gasteiger partial charge in [0.05, 0.1) is 22.9 Å². The van der Waals surface area contributed by atoms with E-state index in [1.807, 2.05) is 6.07 Å². The minimum absolute atomic E-state index is 0.209. The van der Waals surface area contributed by atoms with Crippen molar-refractivity contribution in [1.29, 1.82) is 21.0 Å². The molecule has 0 radical (unpaired) electrons. The van der Waals surface area contributed by atoms with Gasteiger partial charge in [-0.1, -0.05) is 17.8 Å². The highest BCUT2D eigenvalue weighted by Gasteiger charge is 2.30. The lowest BCUT2D eigenvalue weighted by Crippen LogP contribution is -2.04. The van der Waals surface area contributed by atoms with E-state index in [1.165, 1.54) is 30.3 Å². The molecule has 0 bridgehead atoms. The van der Waals surface area contributed by atoms with Crippen molar-refractivity contribution in [2.75, 3.05) is 5.32 Å². The predicted octanol–water partition coefficient (Wildman–Crippen LogP) is 4.97. The second kappa shape index (κ2) is 8.64. The summed E-state index contributed by atoms with van der Waals surface area (Å²) in [6.45, 7) is 0. The number of halogens is 3. The molecule has 28 heavy (non-hydrogen) atoms. The van der Waals surface area contributed by atoms with Gasteiger partial charge in [-0.15, -0.1) is 0 Å². The van der Waals surface area contributed by atoms with Crippen molar-refractivity contribution in [3.63, 3.8) is 0 Å². The molecule has 0 heterocycles. The third kappa shape index (κ3) is 4.83. The van der Waals surface area contributed by atoms with E-state index in [0.717, 1.165) is 23.9 Å². The summed E-state index contributed by atoms with van der Waals surface area (Å²) >= 11 is 0.973. The van der Waals surface area contributed by atoms with Crippen molar-refractivity contribution in [1.82, 2.24) is 0 Å². The fourth-order valence-corrected chi connectivity index (χ4v) is 3.01. The average Bonchev–Trinajstić information content (AvgIpc) is 2.68. The number of alkyl halides is 3. The largest absolute Gasteiger partial charge is 0.416 e. The average molecular weight is 395 g/mol. The van der Waals surface area contributed by atoms with Crippen LogP contribution in [0.15, 0.2) is 63.5 Å². The highest BCUT2D eigenvalue weighted by atomic mass is 32.2. The zero-order valence-electron chi connectivity index (χ0n) is 13.9. The van der Waals surface area contributed by atoms with Gasteiger partial charge < -0.3 is 5.32 Å². The quantitative estimate of drug-likeness (QED) is 0.733. The first-order valence-electron chi connectivity index (χ1n) is 7.43. The summed E-state index contributed by atoms with van der Waals surface area (Å²) in [5.74, 6) is 0. The Morgan fingerprint density at radius 1 is 0.929 bits per heavy atom. The van der Waals surface area contributed by atoms with E-state index >= 15 is 0 Å². The minimum Gasteiger partial charge on any atom is -0.344 e. The van der Waals surface area contributed by atoms with Crippen molar-refractivity contribution < 1.29 is 13.2 Å². The Morgan fingerprint density at radius 3 is 2.21 bits per heavy atom. The van der Waals surface area contributed by atoms with Crippen molar-refractivity contribution in [3.8, 4) is 24.3 Å². The standard InChI is InChI=1S/C19H8F3N5S/c20-19(21,22)14-2-1-3-15(7-14)28-18-5-4-12(8-23)6-16(18)27-17(11-26)13(9-24)10-25/h1-7,27H. The Balaban J connectivity index is 2.49. The minimum atomic E-state index is -4.49. The van der Waals surface area contributed by atoms with Crippen LogP contribution in [0, 0.1) is 45.3 Å². The molecule has 9 heteroatoms. The molecule has 0 spiro atoms. The monoisotopic (exact) mass is 395 g/mol. The fraction of sp³-hybridized carbons (Fsp3) is 0.0526. The van der Waals surface area contributed by atoms with Crippen LogP contribution in [-0.2, 0) is 6.18 Å². The maximum absolute atomic E-state index is 12.9. The molecule has 5 nitrogen and oxygen atoms in total. The number of anilines is 1. The van der Waals surface area contributed by atoms with Gasteiger partial charge in [-0.05, 0) is 36.4 Å². The first-order chi connectivity index (χ1) is 13.3. The Bertz CT molecular complexity index is 1090. The number of hydrogen-bond donors (Lipinski definition) is 1. The van der Waals surface area contributed by atoms with Crippen LogP contribution < -0.4 is 5.32 Å². The van der Waals surface area contributed by atoms with Crippen molar-refractivity contribution in [2.24, 2.45) is 0 Å². The lowest BCUT2D eigenvalue weighted by atomic mass is 10.2. The molecule has 136 valence electrons. The molecule has 2 rings (SSSR count). The molecule has 0 saturated heterocycles. The molecule has 1 N–H and O–H groups in total. The van der Waals surface area contributed by atoms with Crippen LogP contribution >= 0.6 is 11.8 Å². The van der Waals surface area contributed by atoms with E-state index in [1.54, 1.807) is 18.2 Å². The number of hydrogen-bond acceptors (Lipinski definition) is 6. The molecular weight excluding hydrogens is 387 g/mol. The van der Waals surface area contributed by atoms with Gasteiger partial charge in [0, 0.05) is 9.79 Å². The van der Waals surface area contributed by atoms with E-state index in [9.17, 15) is 18.4 Å². The van der Waals surface area contributed by atoms with Crippen LogP contribution in [0.3, 0.4) is 0 Å². The molecule has 0 aliphatic heterocycles. The zero-order chi connectivity index (χ0) is 20.7. The maximum Gasteiger partial charge on any atom is 0.416 e. The van der Waals surface area contributed by atoms with Gasteiger partial charge in [-0.3, -0.25) is 0 Å². The van der Waals surface area contributed by atoms with Crippen LogP contribution in [-0.4, -0.2) is 0 Å². The van der Waals surface area contributed by atoms with Gasteiger partial charge in [-0.2, -0.15) is 34.2 Å². The summed E-state index contributed by atoms with van der Waals surface area (Å²) in [6.07, 6.45) is -4.49. The van der Waals surface area contributed by atoms with Gasteiger partial charge in [0.15, 0.2) is 5.57 Å². The van der Waals surface area contributed by atoms with E-state index in [-0.39, 0.29) is 21.8 Å². The third-order valence-electron chi connectivity index (χ3n) is 3.34. The van der Waals surface area contributed by atoms with E-state index in [4.69, 9.17) is 15.8 Å². The number of nitrogens with one attached hydrogen (secondary N) is 1. The van der Waals surface area contributed by atoms with Crippen molar-refractivity contribution in [3.05, 3.63) is 64.9 Å². The highest BCUT2D eigenvalue weighted by molar-refractivity contribution is 7.99. The summed E-state index contributed by atoms with van der Waals surface area (Å²) in [6, 6.07) is 15.8. The molecule has 0 aliphatic rings. The Labute approximate surface area is 162 Å². The molecule has 2 aromatic carbocycles. The summed E-state index contributed by atoms with van der Waals surface area (Å²) in [5.41, 5.74) is -1.16. The van der Waals surface area contributed by atoms with Crippen LogP contribution in [0.1, 0.15) is 11.1 Å². The molecule has 0 saturated carbocycles. The topological polar surface area (TPSA) is 107 Å². The van der Waals surface area contributed by atoms with Gasteiger partial charge in [0.2, 0.25) is 0 Å². The first kappa shape index (κ1) is 20.4. The predicted molar refractivity (Wildman–Crippen MR) is 94.2 cm³/mol. The zero-order valence-corrected chi connectivity index (χ0v) is 14.7. The van der Waals surface area contributed by atoms with Gasteiger partial charge in [0.1, 0.15) is 23.9 Å². The molecule has 0 unspecified atom stereocenters. The lowest BCUT2D eigenvalue weighted by molar-refractivity contribution is -0.137. The van der Waals surface area contributed by atoms with E-state index in [2.05, 4.69) is 5.32 Å². The molecule has 2 aromatic rings. The van der Waals surface area contributed by atoms with Crippen molar-refractivity contribution >= 4 is 17.4 Å². The summed E-state index contributed by atoms with van der Waals surface area (Å²) in [7, 11) is 0. The van der Waals surface area contributed by atoms with Crippen LogP contribution in [0.25, 0.3) is 0 Å². The maximum atomic E-state index is 12.9. The van der Waals surface area contributed by atoms with Gasteiger partial charge >= 0.3 is 6.18 Å². The van der Waals surface area contributed by atoms with Gasteiger partial charge in [0.25, 0.3) is 0 Å². The van der Waals surface area contributed by atoms with Crippen LogP contribution in [0.2, 0.25) is 0 Å². The summed E-state index contributed by atoms with van der Waals surface area (Å²) in [4.78, 5) is 0.687. The second-order valence-electron chi connectivity index (χ2n) is 5.16. The lowest BCUT2D eigenvalue weighted by Gasteiger charge is -2.13. The molecule has 0 aromatic heterocycles. The fourth-order valence-electron chi connectivity index (χ4n) is 2.07. The SMILES string of the molecule is N#CC(C#N)=C(C#N)Nc1cc(C#N)ccc1Sc1cccc(C(F)(F)F)c1. The molecule has 0 aliphatic carbocycles. The number of benzene rings is 2. The molecular formula is C19H8F3N5S. The number of allylic oxidation sites excluding steroid dienone is 2. The van der Waals surface area contributed by atoms with Crippen LogP contribution in [0.5, 0.6) is 0 Å². The molecule has 0 amide bonds. The van der Waals surface area contributed by atoms with Crippen molar-refractivity contribution in [2.45, 2.75) is 16.0 Å². The smallest absolute Gasteiger partial charge is 0.344 e. The first-order valence-corrected chi connectivity index (χ1v) is 8.25. The van der Waals surface area contributed by atoms with E-state index in [0.29, 0.717) is 4.90 Å². The normalized spacial score (nSPS) is 9.96. The van der Waals surface area contributed by atoms with Gasteiger partial charge in [-0.25, -0.2) is 0 Å². The van der Waals surface area contributed by atoms with E-state index < -0.39 is 17.3 Å². The van der Waals surface area contributed by atoms with Crippen LogP contribution in [0.4, 0.5) is 18.9 Å². The second-order valence-corrected chi connectivity index (χ2v) is 6.28. The summed E-state index contributed by atoms with van der Waals surface area (Å²) < 4.78 is 38.7. The number of nitriles is 4. The number of rotatable bonds is 4. The number of nitrogens with zero attached hydrogens (tertiary/aromatic N) is 4. The Morgan fingerprint density at radius 2 is 1.64 bits per heavy atom. The molecule has 0 fully saturated rings. The summed E-state index contributed by atoms with van der Waals surface area (Å²) in [5, 5.41) is 38.7. The Hall–Kier alpha value is -3.92. The molecule has 0 atom stereocenters. The Kier molecular flexibility index (Phi) is 6.30.